The molecule has 4 aromatic rings. The lowest BCUT2D eigenvalue weighted by Crippen LogP contribution is -2.46. The summed E-state index contributed by atoms with van der Waals surface area (Å²) in [4.78, 5) is 29.0. The van der Waals surface area contributed by atoms with Crippen LogP contribution in [0.5, 0.6) is 0 Å². The number of aryl methyl sites for hydroxylation is 1. The van der Waals surface area contributed by atoms with Crippen LogP contribution in [0.3, 0.4) is 0 Å². The number of hydrogen-bond donors (Lipinski definition) is 1. The molecule has 164 valence electrons. The maximum atomic E-state index is 13.4. The van der Waals surface area contributed by atoms with Crippen LogP contribution in [0.1, 0.15) is 33.4 Å². The van der Waals surface area contributed by atoms with Gasteiger partial charge in [0.1, 0.15) is 11.5 Å². The van der Waals surface area contributed by atoms with Gasteiger partial charge in [-0.25, -0.2) is 4.98 Å². The van der Waals surface area contributed by atoms with Gasteiger partial charge in [-0.1, -0.05) is 36.4 Å². The molecule has 0 saturated carbocycles. The van der Waals surface area contributed by atoms with Crippen molar-refractivity contribution < 1.29 is 4.79 Å². The van der Waals surface area contributed by atoms with Crippen molar-refractivity contribution in [3.63, 3.8) is 0 Å². The molecule has 0 spiro atoms. The van der Waals surface area contributed by atoms with E-state index in [-0.39, 0.29) is 11.8 Å². The molecular formula is C27H25N5O. The van der Waals surface area contributed by atoms with Gasteiger partial charge in [0.15, 0.2) is 0 Å². The number of benzene rings is 1. The first kappa shape index (κ1) is 21.0. The zero-order valence-corrected chi connectivity index (χ0v) is 18.5. The molecule has 33 heavy (non-hydrogen) atoms. The van der Waals surface area contributed by atoms with E-state index in [1.54, 1.807) is 24.7 Å². The summed E-state index contributed by atoms with van der Waals surface area (Å²) >= 11 is 0. The first-order valence-electron chi connectivity index (χ1n) is 11.1. The molecule has 1 fully saturated rings. The van der Waals surface area contributed by atoms with Crippen LogP contribution in [0.2, 0.25) is 0 Å². The highest BCUT2D eigenvalue weighted by Gasteiger charge is 2.23. The summed E-state index contributed by atoms with van der Waals surface area (Å²) < 4.78 is 0. The fourth-order valence-corrected chi connectivity index (χ4v) is 4.20. The molecule has 4 heterocycles. The van der Waals surface area contributed by atoms with E-state index in [0.29, 0.717) is 17.0 Å². The lowest BCUT2D eigenvalue weighted by molar-refractivity contribution is 0.103. The van der Waals surface area contributed by atoms with E-state index in [9.17, 15) is 4.79 Å². The van der Waals surface area contributed by atoms with Crippen molar-refractivity contribution in [1.29, 1.82) is 0 Å². The Morgan fingerprint density at radius 3 is 2.64 bits per heavy atom. The second kappa shape index (κ2) is 9.30. The Kier molecular flexibility index (Phi) is 5.91. The van der Waals surface area contributed by atoms with Crippen LogP contribution in [0.25, 0.3) is 11.1 Å². The van der Waals surface area contributed by atoms with Gasteiger partial charge in [0.2, 0.25) is 5.78 Å². The number of nitrogens with one attached hydrogen (secondary N) is 1. The van der Waals surface area contributed by atoms with Gasteiger partial charge < -0.3 is 10.2 Å². The monoisotopic (exact) mass is 435 g/mol. The standard InChI is InChI=1S/C27H25N5O/c1-19-23(16-22(17-30-19)20-10-12-28-13-11-20)27(33)24-8-5-9-26(31-24)32-15-14-29-25(18-32)21-6-3-2-4-7-21/h2-13,16-17,25,29H,14-15,18H2,1H3. The number of aromatic nitrogens is 3. The summed E-state index contributed by atoms with van der Waals surface area (Å²) in [6, 6.07) is 22.0. The minimum Gasteiger partial charge on any atom is -0.353 e. The molecule has 1 aliphatic rings. The van der Waals surface area contributed by atoms with Crippen LogP contribution in [0.15, 0.2) is 85.3 Å². The molecule has 0 radical (unpaired) electrons. The van der Waals surface area contributed by atoms with E-state index in [2.05, 4.69) is 44.5 Å². The van der Waals surface area contributed by atoms with Gasteiger partial charge in [-0.05, 0) is 48.4 Å². The van der Waals surface area contributed by atoms with Crippen molar-refractivity contribution in [3.8, 4) is 11.1 Å². The van der Waals surface area contributed by atoms with Crippen molar-refractivity contribution in [2.24, 2.45) is 0 Å². The number of carbonyl (C=O) groups excluding carboxylic acids is 1. The van der Waals surface area contributed by atoms with Crippen LogP contribution >= 0.6 is 0 Å². The third kappa shape index (κ3) is 4.52. The zero-order chi connectivity index (χ0) is 22.6. The van der Waals surface area contributed by atoms with Crippen LogP contribution < -0.4 is 10.2 Å². The average molecular weight is 436 g/mol. The second-order valence-electron chi connectivity index (χ2n) is 8.17. The molecule has 1 unspecified atom stereocenters. The SMILES string of the molecule is Cc1ncc(-c2ccncc2)cc1C(=O)c1cccc(N2CCNC(c3ccccc3)C2)n1. The molecule has 1 saturated heterocycles. The fraction of sp³-hybridized carbons (Fsp3) is 0.185. The number of anilines is 1. The molecular weight excluding hydrogens is 410 g/mol. The van der Waals surface area contributed by atoms with E-state index >= 15 is 0 Å². The summed E-state index contributed by atoms with van der Waals surface area (Å²) in [5.74, 6) is 0.701. The van der Waals surface area contributed by atoms with E-state index in [0.717, 1.165) is 36.6 Å². The molecule has 5 rings (SSSR count). The number of rotatable bonds is 5. The van der Waals surface area contributed by atoms with Crippen molar-refractivity contribution in [2.75, 3.05) is 24.5 Å². The Balaban J connectivity index is 1.41. The summed E-state index contributed by atoms with van der Waals surface area (Å²) in [7, 11) is 0. The topological polar surface area (TPSA) is 71.0 Å². The summed E-state index contributed by atoms with van der Waals surface area (Å²) in [5, 5.41) is 3.58. The maximum absolute atomic E-state index is 13.4. The summed E-state index contributed by atoms with van der Waals surface area (Å²) in [6.07, 6.45) is 5.26. The highest BCUT2D eigenvalue weighted by molar-refractivity contribution is 6.09. The lowest BCUT2D eigenvalue weighted by atomic mass is 10.0. The third-order valence-electron chi connectivity index (χ3n) is 6.01. The normalized spacial score (nSPS) is 15.9. The highest BCUT2D eigenvalue weighted by Crippen LogP contribution is 2.24. The largest absolute Gasteiger partial charge is 0.353 e. The Bertz CT molecular complexity index is 1260. The molecule has 1 N–H and O–H groups in total. The molecule has 0 aliphatic carbocycles. The molecule has 6 nitrogen and oxygen atoms in total. The molecule has 0 bridgehead atoms. The Morgan fingerprint density at radius 1 is 1.00 bits per heavy atom. The van der Waals surface area contributed by atoms with Gasteiger partial charge in [-0.3, -0.25) is 14.8 Å². The van der Waals surface area contributed by atoms with E-state index in [1.165, 1.54) is 5.56 Å². The van der Waals surface area contributed by atoms with E-state index < -0.39 is 0 Å². The summed E-state index contributed by atoms with van der Waals surface area (Å²) in [6.45, 7) is 4.35. The molecule has 1 aliphatic heterocycles. The molecule has 1 aromatic carbocycles. The predicted molar refractivity (Wildman–Crippen MR) is 129 cm³/mol. The lowest BCUT2D eigenvalue weighted by Gasteiger charge is -2.35. The van der Waals surface area contributed by atoms with Gasteiger partial charge in [0.25, 0.3) is 0 Å². The number of nitrogens with zero attached hydrogens (tertiary/aromatic N) is 4. The van der Waals surface area contributed by atoms with Crippen LogP contribution in [-0.4, -0.2) is 40.4 Å². The molecule has 1 atom stereocenters. The average Bonchev–Trinajstić information content (AvgIpc) is 2.90. The number of ketones is 1. The zero-order valence-electron chi connectivity index (χ0n) is 18.5. The minimum absolute atomic E-state index is 0.118. The number of pyridine rings is 3. The Morgan fingerprint density at radius 2 is 1.82 bits per heavy atom. The van der Waals surface area contributed by atoms with E-state index in [1.807, 2.05) is 43.3 Å². The molecule has 6 heteroatoms. The highest BCUT2D eigenvalue weighted by atomic mass is 16.1. The van der Waals surface area contributed by atoms with Crippen LogP contribution in [-0.2, 0) is 0 Å². The van der Waals surface area contributed by atoms with Crippen molar-refractivity contribution in [1.82, 2.24) is 20.3 Å². The maximum Gasteiger partial charge on any atom is 0.213 e. The fourth-order valence-electron chi connectivity index (χ4n) is 4.20. The van der Waals surface area contributed by atoms with Crippen LogP contribution in [0, 0.1) is 6.92 Å². The van der Waals surface area contributed by atoms with Gasteiger partial charge in [-0.15, -0.1) is 0 Å². The number of piperazine rings is 1. The quantitative estimate of drug-likeness (QED) is 0.473. The van der Waals surface area contributed by atoms with Crippen molar-refractivity contribution in [3.05, 3.63) is 108 Å². The first-order valence-corrected chi connectivity index (χ1v) is 11.1. The second-order valence-corrected chi connectivity index (χ2v) is 8.17. The molecule has 0 amide bonds. The Hall–Kier alpha value is -3.90. The Labute approximate surface area is 193 Å². The number of carbonyl (C=O) groups is 1. The van der Waals surface area contributed by atoms with Crippen molar-refractivity contribution >= 4 is 11.6 Å². The summed E-state index contributed by atoms with van der Waals surface area (Å²) in [5.41, 5.74) is 4.80. The molecule has 3 aromatic heterocycles. The first-order chi connectivity index (χ1) is 16.2. The minimum atomic E-state index is -0.118. The predicted octanol–water partition coefficient (Wildman–Crippen LogP) is 4.23. The van der Waals surface area contributed by atoms with Gasteiger partial charge in [0.05, 0.1) is 0 Å². The van der Waals surface area contributed by atoms with Crippen LogP contribution in [0.4, 0.5) is 5.82 Å². The smallest absolute Gasteiger partial charge is 0.213 e. The van der Waals surface area contributed by atoms with Gasteiger partial charge in [-0.2, -0.15) is 0 Å². The van der Waals surface area contributed by atoms with Gasteiger partial charge >= 0.3 is 0 Å². The van der Waals surface area contributed by atoms with Crippen molar-refractivity contribution in [2.45, 2.75) is 13.0 Å². The number of hydrogen-bond acceptors (Lipinski definition) is 6. The van der Waals surface area contributed by atoms with E-state index in [4.69, 9.17) is 4.98 Å². The van der Waals surface area contributed by atoms with Gasteiger partial charge in [0, 0.05) is 61.1 Å². The third-order valence-corrected chi connectivity index (χ3v) is 6.01.